The van der Waals surface area contributed by atoms with Crippen molar-refractivity contribution < 1.29 is 41.4 Å². The lowest BCUT2D eigenvalue weighted by Crippen LogP contribution is -2.35. The summed E-state index contributed by atoms with van der Waals surface area (Å²) in [5.74, 6) is -4.11. The van der Waals surface area contributed by atoms with Crippen molar-refractivity contribution in [1.82, 2.24) is 10.3 Å². The fourth-order valence-electron chi connectivity index (χ4n) is 3.51. The lowest BCUT2D eigenvalue weighted by atomic mass is 10.0. The van der Waals surface area contributed by atoms with Gasteiger partial charge in [-0.2, -0.15) is 13.2 Å². The zero-order valence-corrected chi connectivity index (χ0v) is 21.7. The second-order valence-corrected chi connectivity index (χ2v) is 8.66. The normalized spacial score (nSPS) is 12.8. The minimum Gasteiger partial charge on any atom is -0.494 e. The van der Waals surface area contributed by atoms with E-state index in [1.807, 2.05) is 0 Å². The van der Waals surface area contributed by atoms with E-state index in [-0.39, 0.29) is 39.1 Å². The molecular weight excluding hydrogens is 546 g/mol. The third-order valence-corrected chi connectivity index (χ3v) is 5.93. The summed E-state index contributed by atoms with van der Waals surface area (Å²) in [6.07, 6.45) is -5.77. The molecule has 0 aliphatic heterocycles. The molecule has 2 atom stereocenters. The Balaban J connectivity index is 1.87. The standard InChI is InChI=1S/C26H24ClF4N3O5/c1-13(24(32)35)39-20-8-5-15(11-22(20)38-3)25(36)33-12-16(26(29,30)31)19-7-9-21(37-2)23(34-19)14-4-6-18(28)17(27)10-14/h4-11,13,16H,12H2,1-3H3,(H2,32,35)(H,33,36). The van der Waals surface area contributed by atoms with Crippen LogP contribution in [0.15, 0.2) is 48.5 Å². The first-order valence-corrected chi connectivity index (χ1v) is 11.7. The minimum absolute atomic E-state index is 0.0167. The van der Waals surface area contributed by atoms with E-state index >= 15 is 0 Å². The van der Waals surface area contributed by atoms with Crippen LogP contribution in [-0.4, -0.2) is 49.8 Å². The second kappa shape index (κ2) is 12.2. The van der Waals surface area contributed by atoms with Crippen molar-refractivity contribution in [2.24, 2.45) is 5.73 Å². The molecule has 0 saturated carbocycles. The predicted octanol–water partition coefficient (Wildman–Crippen LogP) is 4.89. The number of methoxy groups -OCH3 is 2. The van der Waals surface area contributed by atoms with Gasteiger partial charge in [0.2, 0.25) is 0 Å². The Kier molecular flexibility index (Phi) is 9.23. The number of aromatic nitrogens is 1. The van der Waals surface area contributed by atoms with E-state index in [1.165, 1.54) is 57.5 Å². The molecule has 0 aliphatic carbocycles. The number of rotatable bonds is 10. The molecule has 39 heavy (non-hydrogen) atoms. The number of benzene rings is 2. The van der Waals surface area contributed by atoms with Gasteiger partial charge in [-0.1, -0.05) is 11.6 Å². The Labute approximate surface area is 226 Å². The molecule has 8 nitrogen and oxygen atoms in total. The molecule has 0 spiro atoms. The molecule has 2 aromatic carbocycles. The van der Waals surface area contributed by atoms with E-state index in [9.17, 15) is 27.2 Å². The number of hydrogen-bond acceptors (Lipinski definition) is 6. The number of ether oxygens (including phenoxy) is 3. The van der Waals surface area contributed by atoms with Gasteiger partial charge in [0.05, 0.1) is 24.9 Å². The van der Waals surface area contributed by atoms with Crippen LogP contribution < -0.4 is 25.3 Å². The maximum Gasteiger partial charge on any atom is 0.398 e. The molecule has 1 aromatic heterocycles. The van der Waals surface area contributed by atoms with Gasteiger partial charge in [-0.15, -0.1) is 0 Å². The Morgan fingerprint density at radius 1 is 1.03 bits per heavy atom. The number of nitrogens with two attached hydrogens (primary N) is 1. The van der Waals surface area contributed by atoms with Crippen LogP contribution in [0.1, 0.15) is 28.9 Å². The van der Waals surface area contributed by atoms with E-state index in [2.05, 4.69) is 10.3 Å². The van der Waals surface area contributed by atoms with Crippen molar-refractivity contribution in [3.8, 4) is 28.5 Å². The lowest BCUT2D eigenvalue weighted by Gasteiger charge is -2.22. The van der Waals surface area contributed by atoms with Gasteiger partial charge in [0.1, 0.15) is 23.2 Å². The van der Waals surface area contributed by atoms with Crippen molar-refractivity contribution >= 4 is 23.4 Å². The van der Waals surface area contributed by atoms with Gasteiger partial charge in [0.25, 0.3) is 11.8 Å². The zero-order valence-electron chi connectivity index (χ0n) is 20.9. The average Bonchev–Trinajstić information content (AvgIpc) is 2.89. The fourth-order valence-corrected chi connectivity index (χ4v) is 3.69. The first kappa shape index (κ1) is 29.5. The van der Waals surface area contributed by atoms with Crippen LogP contribution in [0.25, 0.3) is 11.3 Å². The molecular formula is C26H24ClF4N3O5. The molecule has 2 unspecified atom stereocenters. The molecule has 208 valence electrons. The Morgan fingerprint density at radius 3 is 2.28 bits per heavy atom. The number of nitrogens with zero attached hydrogens (tertiary/aromatic N) is 1. The Morgan fingerprint density at radius 2 is 1.69 bits per heavy atom. The van der Waals surface area contributed by atoms with Crippen LogP contribution in [0, 0.1) is 5.82 Å². The Hall–Kier alpha value is -4.06. The second-order valence-electron chi connectivity index (χ2n) is 8.25. The number of carbonyl (C=O) groups excluding carboxylic acids is 2. The van der Waals surface area contributed by atoms with Crippen LogP contribution in [0.2, 0.25) is 5.02 Å². The van der Waals surface area contributed by atoms with Gasteiger partial charge in [0.15, 0.2) is 17.6 Å². The quantitative estimate of drug-likeness (QED) is 0.336. The van der Waals surface area contributed by atoms with E-state index in [4.69, 9.17) is 31.5 Å². The first-order chi connectivity index (χ1) is 18.3. The van der Waals surface area contributed by atoms with E-state index < -0.39 is 48.1 Å². The van der Waals surface area contributed by atoms with Crippen molar-refractivity contribution in [3.63, 3.8) is 0 Å². The van der Waals surface area contributed by atoms with Crippen LogP contribution in [-0.2, 0) is 4.79 Å². The van der Waals surface area contributed by atoms with Gasteiger partial charge >= 0.3 is 6.18 Å². The van der Waals surface area contributed by atoms with Gasteiger partial charge in [-0.25, -0.2) is 9.37 Å². The maximum absolute atomic E-state index is 14.1. The minimum atomic E-state index is -4.78. The topological polar surface area (TPSA) is 113 Å². The summed E-state index contributed by atoms with van der Waals surface area (Å²) < 4.78 is 71.6. The number of primary amides is 1. The van der Waals surface area contributed by atoms with E-state index in [0.717, 1.165) is 12.1 Å². The fraction of sp³-hybridized carbons (Fsp3) is 0.269. The highest BCUT2D eigenvalue weighted by molar-refractivity contribution is 6.31. The summed E-state index contributed by atoms with van der Waals surface area (Å²) in [7, 11) is 2.60. The monoisotopic (exact) mass is 569 g/mol. The van der Waals surface area contributed by atoms with Gasteiger partial charge in [-0.3, -0.25) is 9.59 Å². The molecule has 1 heterocycles. The van der Waals surface area contributed by atoms with Gasteiger partial charge in [0, 0.05) is 17.7 Å². The number of amides is 2. The zero-order chi connectivity index (χ0) is 28.9. The summed E-state index contributed by atoms with van der Waals surface area (Å²) in [4.78, 5) is 28.1. The Bertz CT molecular complexity index is 1370. The third kappa shape index (κ3) is 7.08. The van der Waals surface area contributed by atoms with Crippen LogP contribution in [0.4, 0.5) is 17.6 Å². The molecule has 0 bridgehead atoms. The van der Waals surface area contributed by atoms with E-state index in [1.54, 1.807) is 0 Å². The van der Waals surface area contributed by atoms with Crippen molar-refractivity contribution in [2.75, 3.05) is 20.8 Å². The van der Waals surface area contributed by atoms with Crippen LogP contribution >= 0.6 is 11.6 Å². The van der Waals surface area contributed by atoms with Gasteiger partial charge < -0.3 is 25.3 Å². The SMILES string of the molecule is COc1cc(C(=O)NCC(c2ccc(OC)c(-c3ccc(F)c(Cl)c3)n2)C(F)(F)F)ccc1OC(C)C(N)=O. The number of hydrogen-bond donors (Lipinski definition) is 2. The third-order valence-electron chi connectivity index (χ3n) is 5.64. The molecule has 0 radical (unpaired) electrons. The molecule has 13 heteroatoms. The number of carbonyl (C=O) groups is 2. The molecule has 0 aliphatic rings. The van der Waals surface area contributed by atoms with Crippen LogP contribution in [0.3, 0.4) is 0 Å². The molecule has 0 fully saturated rings. The van der Waals surface area contributed by atoms with Crippen LogP contribution in [0.5, 0.6) is 17.2 Å². The molecule has 3 N–H and O–H groups in total. The highest BCUT2D eigenvalue weighted by Crippen LogP contribution is 2.37. The predicted molar refractivity (Wildman–Crippen MR) is 135 cm³/mol. The van der Waals surface area contributed by atoms with E-state index in [0.29, 0.717) is 0 Å². The van der Waals surface area contributed by atoms with Crippen molar-refractivity contribution in [1.29, 1.82) is 0 Å². The number of halogens is 5. The maximum atomic E-state index is 14.1. The highest BCUT2D eigenvalue weighted by atomic mass is 35.5. The summed E-state index contributed by atoms with van der Waals surface area (Å²) in [5, 5.41) is 2.03. The molecule has 3 rings (SSSR count). The summed E-state index contributed by atoms with van der Waals surface area (Å²) >= 11 is 5.84. The summed E-state index contributed by atoms with van der Waals surface area (Å²) in [6.45, 7) is 0.577. The molecule has 0 saturated heterocycles. The molecule has 3 aromatic rings. The number of alkyl halides is 3. The number of pyridine rings is 1. The lowest BCUT2D eigenvalue weighted by molar-refractivity contribution is -0.149. The first-order valence-electron chi connectivity index (χ1n) is 11.3. The largest absolute Gasteiger partial charge is 0.494 e. The average molecular weight is 570 g/mol. The molecule has 2 amide bonds. The smallest absolute Gasteiger partial charge is 0.398 e. The van der Waals surface area contributed by atoms with Crippen molar-refractivity contribution in [2.45, 2.75) is 25.1 Å². The van der Waals surface area contributed by atoms with Gasteiger partial charge in [-0.05, 0) is 55.5 Å². The summed E-state index contributed by atoms with van der Waals surface area (Å²) in [5.41, 5.74) is 5.02. The number of nitrogens with one attached hydrogen (secondary N) is 1. The van der Waals surface area contributed by atoms with Crippen molar-refractivity contribution in [3.05, 3.63) is 70.6 Å². The highest BCUT2D eigenvalue weighted by Gasteiger charge is 2.42. The summed E-state index contributed by atoms with van der Waals surface area (Å²) in [6, 6.07) is 9.91.